The van der Waals surface area contributed by atoms with E-state index in [-0.39, 0.29) is 5.91 Å². The number of hydrogen-bond acceptors (Lipinski definition) is 2. The molecule has 0 radical (unpaired) electrons. The van der Waals surface area contributed by atoms with Gasteiger partial charge in [-0.3, -0.25) is 4.79 Å². The summed E-state index contributed by atoms with van der Waals surface area (Å²) in [6, 6.07) is 4.35. The van der Waals surface area contributed by atoms with Crippen molar-refractivity contribution in [3.8, 4) is 0 Å². The van der Waals surface area contributed by atoms with Crippen LogP contribution in [0.4, 0.5) is 10.5 Å². The van der Waals surface area contributed by atoms with Crippen LogP contribution in [-0.2, 0) is 4.79 Å². The highest BCUT2D eigenvalue weighted by Crippen LogP contribution is 2.44. The topological polar surface area (TPSA) is 49.4 Å². The molecule has 1 spiro atoms. The van der Waals surface area contributed by atoms with Crippen molar-refractivity contribution >= 4 is 40.8 Å². The first-order valence-electron chi connectivity index (χ1n) is 6.11. The summed E-state index contributed by atoms with van der Waals surface area (Å²) in [5, 5.41) is 3.50. The fraction of sp³-hybridized carbons (Fsp3) is 0.385. The van der Waals surface area contributed by atoms with Crippen LogP contribution in [0.3, 0.4) is 0 Å². The van der Waals surface area contributed by atoms with Crippen LogP contribution < -0.4 is 10.2 Å². The molecule has 1 N–H and O–H groups in total. The lowest BCUT2D eigenvalue weighted by Gasteiger charge is -2.46. The summed E-state index contributed by atoms with van der Waals surface area (Å²) in [6.45, 7) is 0.433. The molecular formula is C13H12Cl2N2O2. The first kappa shape index (κ1) is 12.8. The van der Waals surface area contributed by atoms with E-state index in [1.165, 1.54) is 4.90 Å². The van der Waals surface area contributed by atoms with Crippen LogP contribution in [0.5, 0.6) is 0 Å². The zero-order valence-corrected chi connectivity index (χ0v) is 11.6. The van der Waals surface area contributed by atoms with E-state index in [0.717, 1.165) is 19.3 Å². The van der Waals surface area contributed by atoms with Crippen molar-refractivity contribution in [3.63, 3.8) is 0 Å². The summed E-state index contributed by atoms with van der Waals surface area (Å²) in [7, 11) is 0. The number of rotatable bonds is 1. The van der Waals surface area contributed by atoms with Crippen molar-refractivity contribution in [1.29, 1.82) is 0 Å². The van der Waals surface area contributed by atoms with E-state index in [1.54, 1.807) is 18.2 Å². The Morgan fingerprint density at radius 1 is 1.16 bits per heavy atom. The molecule has 3 amide bonds. The highest BCUT2D eigenvalue weighted by atomic mass is 35.5. The third-order valence-corrected chi connectivity index (χ3v) is 4.65. The normalized spacial score (nSPS) is 21.3. The molecule has 0 unspecified atom stereocenters. The number of nitrogens with zero attached hydrogens (tertiary/aromatic N) is 1. The number of halogens is 2. The number of carbonyl (C=O) groups excluding carboxylic acids is 2. The van der Waals surface area contributed by atoms with E-state index in [4.69, 9.17) is 23.2 Å². The van der Waals surface area contributed by atoms with Crippen LogP contribution in [0.2, 0.25) is 10.0 Å². The van der Waals surface area contributed by atoms with Crippen molar-refractivity contribution in [1.82, 2.24) is 5.32 Å². The number of urea groups is 1. The molecule has 4 nitrogen and oxygen atoms in total. The van der Waals surface area contributed by atoms with Crippen LogP contribution >= 0.6 is 23.2 Å². The molecular weight excluding hydrogens is 287 g/mol. The van der Waals surface area contributed by atoms with Crippen LogP contribution in [0, 0.1) is 5.41 Å². The Morgan fingerprint density at radius 2 is 1.89 bits per heavy atom. The van der Waals surface area contributed by atoms with Crippen LogP contribution in [0.25, 0.3) is 0 Å². The second kappa shape index (κ2) is 4.39. The second-order valence-corrected chi connectivity index (χ2v) is 5.85. The highest BCUT2D eigenvalue weighted by molar-refractivity contribution is 6.42. The molecule has 1 aliphatic heterocycles. The van der Waals surface area contributed by atoms with E-state index < -0.39 is 11.4 Å². The number of carbonyl (C=O) groups is 2. The average molecular weight is 299 g/mol. The van der Waals surface area contributed by atoms with Gasteiger partial charge in [0.25, 0.3) is 0 Å². The fourth-order valence-corrected chi connectivity index (χ4v) is 2.87. The maximum absolute atomic E-state index is 12.5. The molecule has 1 saturated carbocycles. The lowest BCUT2D eigenvalue weighted by molar-refractivity contribution is -0.132. The van der Waals surface area contributed by atoms with Gasteiger partial charge in [0, 0.05) is 6.54 Å². The first-order valence-corrected chi connectivity index (χ1v) is 6.87. The van der Waals surface area contributed by atoms with Crippen LogP contribution in [0.15, 0.2) is 18.2 Å². The highest BCUT2D eigenvalue weighted by Gasteiger charge is 2.51. The molecule has 19 heavy (non-hydrogen) atoms. The predicted molar refractivity (Wildman–Crippen MR) is 73.6 cm³/mol. The molecule has 1 aromatic carbocycles. The van der Waals surface area contributed by atoms with Crippen molar-refractivity contribution in [2.45, 2.75) is 19.3 Å². The minimum atomic E-state index is -0.417. The lowest BCUT2D eigenvalue weighted by Crippen LogP contribution is -2.63. The Balaban J connectivity index is 1.99. The monoisotopic (exact) mass is 298 g/mol. The van der Waals surface area contributed by atoms with E-state index in [1.807, 2.05) is 0 Å². The zero-order valence-electron chi connectivity index (χ0n) is 10.1. The molecule has 2 aliphatic rings. The number of anilines is 1. The molecule has 1 aromatic rings. The Hall–Kier alpha value is -1.26. The third kappa shape index (κ3) is 1.90. The van der Waals surface area contributed by atoms with Gasteiger partial charge in [0.2, 0.25) is 5.91 Å². The van der Waals surface area contributed by atoms with Crippen LogP contribution in [-0.4, -0.2) is 18.5 Å². The Kier molecular flexibility index (Phi) is 2.95. The van der Waals surface area contributed by atoms with E-state index >= 15 is 0 Å². The maximum Gasteiger partial charge on any atom is 0.328 e. The number of benzene rings is 1. The van der Waals surface area contributed by atoms with Gasteiger partial charge in [0.15, 0.2) is 0 Å². The molecule has 100 valence electrons. The summed E-state index contributed by atoms with van der Waals surface area (Å²) in [6.07, 6.45) is 2.67. The molecule has 1 aliphatic carbocycles. The van der Waals surface area contributed by atoms with Gasteiger partial charge in [0.05, 0.1) is 21.1 Å². The number of imide groups is 1. The second-order valence-electron chi connectivity index (χ2n) is 5.03. The number of hydrogen-bond donors (Lipinski definition) is 1. The van der Waals surface area contributed by atoms with Gasteiger partial charge < -0.3 is 5.32 Å². The van der Waals surface area contributed by atoms with E-state index in [2.05, 4.69) is 5.32 Å². The van der Waals surface area contributed by atoms with Crippen LogP contribution in [0.1, 0.15) is 19.3 Å². The Morgan fingerprint density at radius 3 is 2.47 bits per heavy atom. The van der Waals surface area contributed by atoms with Gasteiger partial charge in [0.1, 0.15) is 0 Å². The van der Waals surface area contributed by atoms with Gasteiger partial charge in [-0.15, -0.1) is 0 Å². The standard InChI is InChI=1S/C13H12Cl2N2O2/c14-9-3-2-8(6-10(9)15)17-11(18)13(4-1-5-13)7-16-12(17)19/h2-3,6H,1,4-5,7H2,(H,16,19). The van der Waals surface area contributed by atoms with Crippen molar-refractivity contribution in [2.75, 3.05) is 11.4 Å². The van der Waals surface area contributed by atoms with Gasteiger partial charge in [-0.2, -0.15) is 0 Å². The predicted octanol–water partition coefficient (Wildman–Crippen LogP) is 3.22. The summed E-state index contributed by atoms with van der Waals surface area (Å²) in [4.78, 5) is 25.6. The molecule has 3 rings (SSSR count). The molecule has 1 heterocycles. The summed E-state index contributed by atoms with van der Waals surface area (Å²) in [5.41, 5.74) is 0.0444. The van der Waals surface area contributed by atoms with E-state index in [9.17, 15) is 9.59 Å². The Bertz CT molecular complexity index is 570. The largest absolute Gasteiger partial charge is 0.336 e. The SMILES string of the molecule is O=C1NCC2(CCC2)C(=O)N1c1ccc(Cl)c(Cl)c1. The van der Waals surface area contributed by atoms with Gasteiger partial charge in [-0.25, -0.2) is 9.69 Å². The molecule has 2 fully saturated rings. The molecule has 1 saturated heterocycles. The van der Waals surface area contributed by atoms with Crippen molar-refractivity contribution < 1.29 is 9.59 Å². The first-order chi connectivity index (χ1) is 9.03. The molecule has 0 atom stereocenters. The number of amides is 3. The quantitative estimate of drug-likeness (QED) is 0.865. The average Bonchev–Trinajstić information content (AvgIpc) is 2.32. The maximum atomic E-state index is 12.5. The third-order valence-electron chi connectivity index (χ3n) is 3.91. The van der Waals surface area contributed by atoms with Gasteiger partial charge in [-0.1, -0.05) is 29.6 Å². The summed E-state index contributed by atoms with van der Waals surface area (Å²) < 4.78 is 0. The lowest BCUT2D eigenvalue weighted by atomic mass is 9.67. The van der Waals surface area contributed by atoms with Crippen molar-refractivity contribution in [2.24, 2.45) is 5.41 Å². The van der Waals surface area contributed by atoms with E-state index in [0.29, 0.717) is 22.3 Å². The molecule has 6 heteroatoms. The van der Waals surface area contributed by atoms with Gasteiger partial charge in [-0.05, 0) is 31.0 Å². The summed E-state index contributed by atoms with van der Waals surface area (Å²) in [5.74, 6) is -0.138. The fourth-order valence-electron chi connectivity index (χ4n) is 2.58. The zero-order chi connectivity index (χ0) is 13.6. The van der Waals surface area contributed by atoms with Gasteiger partial charge >= 0.3 is 6.03 Å². The van der Waals surface area contributed by atoms with Crippen molar-refractivity contribution in [3.05, 3.63) is 28.2 Å². The minimum Gasteiger partial charge on any atom is -0.336 e. The number of nitrogens with one attached hydrogen (secondary N) is 1. The Labute approximate surface area is 120 Å². The molecule has 0 aromatic heterocycles. The summed E-state index contributed by atoms with van der Waals surface area (Å²) >= 11 is 11.8. The smallest absolute Gasteiger partial charge is 0.328 e. The molecule has 0 bridgehead atoms. The minimum absolute atomic E-state index is 0.138.